The Kier molecular flexibility index (Phi) is 4.41. The van der Waals surface area contributed by atoms with Gasteiger partial charge >= 0.3 is 0 Å². The average Bonchev–Trinajstić information content (AvgIpc) is 3.10. The molecule has 0 N–H and O–H groups in total. The van der Waals surface area contributed by atoms with E-state index in [1.807, 2.05) is 0 Å². The van der Waals surface area contributed by atoms with E-state index in [1.54, 1.807) is 12.3 Å². The molecule has 0 amide bonds. The molecule has 5 nitrogen and oxygen atoms in total. The maximum atomic E-state index is 14.2. The molecule has 0 saturated heterocycles. The first-order valence-corrected chi connectivity index (χ1v) is 9.66. The van der Waals surface area contributed by atoms with Gasteiger partial charge in [0.2, 0.25) is 0 Å². The predicted molar refractivity (Wildman–Crippen MR) is 85.6 cm³/mol. The summed E-state index contributed by atoms with van der Waals surface area (Å²) in [7, 11) is -4.10. The van der Waals surface area contributed by atoms with E-state index < -0.39 is 33.0 Å². The fraction of sp³-hybridized carbons (Fsp3) is 0.200. The first-order chi connectivity index (χ1) is 11.7. The molecule has 0 fully saturated rings. The number of halogens is 3. The molecule has 0 aliphatic carbocycles. The fourth-order valence-electron chi connectivity index (χ4n) is 2.38. The lowest BCUT2D eigenvalue weighted by atomic mass is 10.0. The first kappa shape index (κ1) is 17.6. The summed E-state index contributed by atoms with van der Waals surface area (Å²) in [4.78, 5) is 3.17. The topological polar surface area (TPSA) is 73.1 Å². The minimum atomic E-state index is -4.10. The Hall–Kier alpha value is -2.20. The third-order valence-corrected chi connectivity index (χ3v) is 5.46. The molecular weight excluding hydrogens is 377 g/mol. The molecule has 0 bridgehead atoms. The summed E-state index contributed by atoms with van der Waals surface area (Å²) in [5, 5.41) is 5.87. The molecule has 2 heterocycles. The van der Waals surface area contributed by atoms with Gasteiger partial charge in [-0.05, 0) is 24.6 Å². The average molecular weight is 388 g/mol. The molecule has 0 aliphatic heterocycles. The third kappa shape index (κ3) is 3.19. The molecule has 132 valence electrons. The Morgan fingerprint density at radius 3 is 2.36 bits per heavy atom. The number of hydrogen-bond donors (Lipinski definition) is 0. The van der Waals surface area contributed by atoms with Crippen LogP contribution < -0.4 is 0 Å². The van der Waals surface area contributed by atoms with Crippen LogP contribution in [0.15, 0.2) is 26.9 Å². The number of thiazole rings is 1. The standard InChI is InChI=1S/C15H11F3N2O3S2/c1-7-6-24-15(19-7)13-12(11(5-16)23-20-13)8-3-9(17)14(10(18)4-8)25(2,21)22/h3-4,6H,5H2,1-2H3. The van der Waals surface area contributed by atoms with Gasteiger partial charge in [-0.1, -0.05) is 5.16 Å². The number of nitrogens with zero attached hydrogens (tertiary/aromatic N) is 2. The summed E-state index contributed by atoms with van der Waals surface area (Å²) in [5.74, 6) is -2.77. The summed E-state index contributed by atoms with van der Waals surface area (Å²) in [6.45, 7) is 0.694. The number of sulfone groups is 1. The zero-order valence-corrected chi connectivity index (χ0v) is 14.6. The molecule has 10 heteroatoms. The summed E-state index contributed by atoms with van der Waals surface area (Å²) < 4.78 is 69.6. The van der Waals surface area contributed by atoms with Crippen molar-refractivity contribution in [2.75, 3.05) is 6.26 Å². The molecule has 0 spiro atoms. The van der Waals surface area contributed by atoms with Crippen LogP contribution in [-0.2, 0) is 16.5 Å². The van der Waals surface area contributed by atoms with Gasteiger partial charge in [0, 0.05) is 17.3 Å². The van der Waals surface area contributed by atoms with Crippen molar-refractivity contribution in [3.63, 3.8) is 0 Å². The van der Waals surface area contributed by atoms with Gasteiger partial charge in [0.05, 0.1) is 5.56 Å². The van der Waals surface area contributed by atoms with Crippen LogP contribution >= 0.6 is 11.3 Å². The van der Waals surface area contributed by atoms with Crippen LogP contribution in [0.4, 0.5) is 13.2 Å². The second-order valence-electron chi connectivity index (χ2n) is 5.30. The van der Waals surface area contributed by atoms with Gasteiger partial charge in [-0.3, -0.25) is 0 Å². The molecule has 0 radical (unpaired) electrons. The van der Waals surface area contributed by atoms with Crippen molar-refractivity contribution in [1.82, 2.24) is 10.1 Å². The van der Waals surface area contributed by atoms with Crippen molar-refractivity contribution in [1.29, 1.82) is 0 Å². The van der Waals surface area contributed by atoms with E-state index in [1.165, 1.54) is 11.3 Å². The van der Waals surface area contributed by atoms with Crippen molar-refractivity contribution in [3.8, 4) is 21.8 Å². The minimum Gasteiger partial charge on any atom is -0.357 e. The van der Waals surface area contributed by atoms with Crippen molar-refractivity contribution in [2.45, 2.75) is 18.5 Å². The summed E-state index contributed by atoms with van der Waals surface area (Å²) in [5.41, 5.74) is 0.783. The van der Waals surface area contributed by atoms with Gasteiger partial charge in [-0.25, -0.2) is 26.6 Å². The molecule has 1 aromatic carbocycles. The summed E-state index contributed by atoms with van der Waals surface area (Å²) in [6.07, 6.45) is 0.699. The number of hydrogen-bond acceptors (Lipinski definition) is 6. The lowest BCUT2D eigenvalue weighted by Gasteiger charge is -2.07. The molecule has 25 heavy (non-hydrogen) atoms. The monoisotopic (exact) mass is 388 g/mol. The Bertz CT molecular complexity index is 1030. The van der Waals surface area contributed by atoms with Crippen molar-refractivity contribution < 1.29 is 26.1 Å². The highest BCUT2D eigenvalue weighted by Gasteiger charge is 2.26. The quantitative estimate of drug-likeness (QED) is 0.677. The summed E-state index contributed by atoms with van der Waals surface area (Å²) >= 11 is 1.21. The molecular formula is C15H11F3N2O3S2. The van der Waals surface area contributed by atoms with E-state index >= 15 is 0 Å². The van der Waals surface area contributed by atoms with E-state index in [0.29, 0.717) is 17.0 Å². The number of alkyl halides is 1. The SMILES string of the molecule is Cc1csc(-c2noc(CF)c2-c2cc(F)c(S(C)(=O)=O)c(F)c2)n1. The largest absolute Gasteiger partial charge is 0.357 e. The second kappa shape index (κ2) is 6.26. The van der Waals surface area contributed by atoms with Crippen LogP contribution in [0.2, 0.25) is 0 Å². The second-order valence-corrected chi connectivity index (χ2v) is 8.11. The highest BCUT2D eigenvalue weighted by atomic mass is 32.2. The maximum Gasteiger partial charge on any atom is 0.181 e. The van der Waals surface area contributed by atoms with Gasteiger partial charge in [-0.15, -0.1) is 11.3 Å². The molecule has 0 aliphatic rings. The van der Waals surface area contributed by atoms with Crippen LogP contribution in [-0.4, -0.2) is 24.8 Å². The molecule has 3 rings (SSSR count). The van der Waals surface area contributed by atoms with E-state index in [9.17, 15) is 21.6 Å². The highest BCUT2D eigenvalue weighted by Crippen LogP contribution is 2.38. The van der Waals surface area contributed by atoms with Crippen LogP contribution in [0.25, 0.3) is 21.8 Å². The van der Waals surface area contributed by atoms with E-state index in [2.05, 4.69) is 10.1 Å². The number of aromatic nitrogens is 2. The number of benzene rings is 1. The normalized spacial score (nSPS) is 11.9. The molecule has 0 saturated carbocycles. The highest BCUT2D eigenvalue weighted by molar-refractivity contribution is 7.90. The van der Waals surface area contributed by atoms with Gasteiger partial charge in [-0.2, -0.15) is 0 Å². The zero-order valence-electron chi connectivity index (χ0n) is 13.0. The number of rotatable bonds is 4. The van der Waals surface area contributed by atoms with Gasteiger partial charge < -0.3 is 4.52 Å². The maximum absolute atomic E-state index is 14.2. The van der Waals surface area contributed by atoms with Gasteiger partial charge in [0.15, 0.2) is 28.0 Å². The predicted octanol–water partition coefficient (Wildman–Crippen LogP) is 3.92. The Morgan fingerprint density at radius 1 is 1.24 bits per heavy atom. The summed E-state index contributed by atoms with van der Waals surface area (Å²) in [6, 6.07) is 1.63. The fourth-order valence-corrected chi connectivity index (χ4v) is 3.99. The van der Waals surface area contributed by atoms with Crippen LogP contribution in [0.3, 0.4) is 0 Å². The van der Waals surface area contributed by atoms with E-state index in [4.69, 9.17) is 4.52 Å². The van der Waals surface area contributed by atoms with E-state index in [0.717, 1.165) is 12.1 Å². The van der Waals surface area contributed by atoms with E-state index in [-0.39, 0.29) is 22.6 Å². The van der Waals surface area contributed by atoms with Gasteiger partial charge in [0.25, 0.3) is 0 Å². The third-order valence-electron chi connectivity index (χ3n) is 3.36. The Morgan fingerprint density at radius 2 is 1.88 bits per heavy atom. The first-order valence-electron chi connectivity index (χ1n) is 6.89. The lowest BCUT2D eigenvalue weighted by molar-refractivity contribution is 0.332. The molecule has 2 aromatic heterocycles. The smallest absolute Gasteiger partial charge is 0.181 e. The minimum absolute atomic E-state index is 0.0368. The molecule has 0 atom stereocenters. The lowest BCUT2D eigenvalue weighted by Crippen LogP contribution is -2.05. The van der Waals surface area contributed by atoms with Crippen LogP contribution in [0.1, 0.15) is 11.5 Å². The molecule has 0 unspecified atom stereocenters. The number of aryl methyl sites for hydroxylation is 1. The molecule has 3 aromatic rings. The Balaban J connectivity index is 2.25. The van der Waals surface area contributed by atoms with Crippen LogP contribution in [0, 0.1) is 18.6 Å². The Labute approximate surface area is 145 Å². The zero-order chi connectivity index (χ0) is 18.4. The van der Waals surface area contributed by atoms with Crippen molar-refractivity contribution >= 4 is 21.2 Å². The van der Waals surface area contributed by atoms with Crippen molar-refractivity contribution in [2.24, 2.45) is 0 Å². The van der Waals surface area contributed by atoms with Crippen LogP contribution in [0.5, 0.6) is 0 Å². The van der Waals surface area contributed by atoms with Gasteiger partial charge in [0.1, 0.15) is 21.5 Å². The van der Waals surface area contributed by atoms with Crippen molar-refractivity contribution in [3.05, 3.63) is 40.6 Å².